The van der Waals surface area contributed by atoms with Crippen LogP contribution < -0.4 is 5.32 Å². The summed E-state index contributed by atoms with van der Waals surface area (Å²) in [7, 11) is 1.61. The lowest BCUT2D eigenvalue weighted by Crippen LogP contribution is -2.19. The Morgan fingerprint density at radius 3 is 2.10 bits per heavy atom. The van der Waals surface area contributed by atoms with Gasteiger partial charge < -0.3 is 10.3 Å². The summed E-state index contributed by atoms with van der Waals surface area (Å²) in [6, 6.07) is 19.4. The average Bonchev–Trinajstić information content (AvgIpc) is 3.01. The van der Waals surface area contributed by atoms with Crippen LogP contribution in [0, 0.1) is 0 Å². The van der Waals surface area contributed by atoms with Crippen LogP contribution in [0.1, 0.15) is 10.5 Å². The molecule has 0 aliphatic heterocycles. The molecule has 3 rings (SSSR count). The van der Waals surface area contributed by atoms with Crippen LogP contribution in [0.5, 0.6) is 0 Å². The summed E-state index contributed by atoms with van der Waals surface area (Å²) in [5.41, 5.74) is 3.00. The lowest BCUT2D eigenvalue weighted by atomic mass is 10.1. The molecule has 0 unspecified atom stereocenters. The minimum atomic E-state index is -0.177. The predicted octanol–water partition coefficient (Wildman–Crippen LogP) is 3.10. The molecule has 0 aliphatic carbocycles. The van der Waals surface area contributed by atoms with Crippen LogP contribution >= 0.6 is 0 Å². The molecule has 104 valence electrons. The number of nitrogens with one attached hydrogen (secondary N) is 2. The zero-order chi connectivity index (χ0) is 14.7. The first-order valence-electron chi connectivity index (χ1n) is 6.72. The molecule has 0 radical (unpaired) electrons. The van der Waals surface area contributed by atoms with Crippen LogP contribution in [0.2, 0.25) is 0 Å². The van der Waals surface area contributed by atoms with E-state index in [0.29, 0.717) is 17.2 Å². The van der Waals surface area contributed by atoms with E-state index >= 15 is 0 Å². The predicted molar refractivity (Wildman–Crippen MR) is 82.8 cm³/mol. The number of H-pyrrole nitrogens is 1. The van der Waals surface area contributed by atoms with Gasteiger partial charge in [0.15, 0.2) is 0 Å². The minimum absolute atomic E-state index is 0.177. The Morgan fingerprint density at radius 2 is 1.52 bits per heavy atom. The fourth-order valence-corrected chi connectivity index (χ4v) is 2.20. The highest BCUT2D eigenvalue weighted by atomic mass is 16.1. The average molecular weight is 277 g/mol. The number of benzene rings is 2. The summed E-state index contributed by atoms with van der Waals surface area (Å²) < 4.78 is 0. The lowest BCUT2D eigenvalue weighted by Gasteiger charge is -2.00. The molecule has 3 aromatic rings. The smallest absolute Gasteiger partial charge is 0.269 e. The first-order chi connectivity index (χ1) is 10.3. The van der Waals surface area contributed by atoms with Gasteiger partial charge in [0.25, 0.3) is 5.91 Å². The van der Waals surface area contributed by atoms with Gasteiger partial charge in [0.05, 0.1) is 0 Å². The highest BCUT2D eigenvalue weighted by molar-refractivity contribution is 5.98. The molecule has 0 bridgehead atoms. The van der Waals surface area contributed by atoms with Gasteiger partial charge in [-0.2, -0.15) is 0 Å². The van der Waals surface area contributed by atoms with Crippen molar-refractivity contribution in [2.24, 2.45) is 0 Å². The molecule has 4 nitrogen and oxygen atoms in total. The van der Waals surface area contributed by atoms with Crippen molar-refractivity contribution in [1.29, 1.82) is 0 Å². The van der Waals surface area contributed by atoms with Gasteiger partial charge in [0.1, 0.15) is 17.2 Å². The van der Waals surface area contributed by atoms with Crippen LogP contribution in [0.3, 0.4) is 0 Å². The Balaban J connectivity index is 2.14. The van der Waals surface area contributed by atoms with E-state index in [4.69, 9.17) is 0 Å². The zero-order valence-corrected chi connectivity index (χ0v) is 11.6. The Kier molecular flexibility index (Phi) is 3.51. The number of hydrogen-bond donors (Lipinski definition) is 2. The monoisotopic (exact) mass is 277 g/mol. The number of aromatic amines is 1. The number of hydrogen-bond acceptors (Lipinski definition) is 2. The fraction of sp³-hybridized carbons (Fsp3) is 0.0588. The summed E-state index contributed by atoms with van der Waals surface area (Å²) in [6.45, 7) is 0. The van der Waals surface area contributed by atoms with Crippen molar-refractivity contribution in [2.45, 2.75) is 0 Å². The fourth-order valence-electron chi connectivity index (χ4n) is 2.20. The van der Waals surface area contributed by atoms with Gasteiger partial charge in [-0.3, -0.25) is 4.79 Å². The molecular weight excluding hydrogens is 262 g/mol. The van der Waals surface area contributed by atoms with Gasteiger partial charge in [0.2, 0.25) is 0 Å². The summed E-state index contributed by atoms with van der Waals surface area (Å²) in [5, 5.41) is 2.65. The number of rotatable bonds is 3. The Labute approximate surface area is 122 Å². The van der Waals surface area contributed by atoms with Crippen LogP contribution in [0.4, 0.5) is 0 Å². The Bertz CT molecular complexity index is 748. The van der Waals surface area contributed by atoms with Gasteiger partial charge in [0, 0.05) is 18.2 Å². The summed E-state index contributed by atoms with van der Waals surface area (Å²) in [6.07, 6.45) is 0. The maximum atomic E-state index is 12.1. The van der Waals surface area contributed by atoms with Crippen molar-refractivity contribution < 1.29 is 4.79 Å². The van der Waals surface area contributed by atoms with Gasteiger partial charge in [-0.15, -0.1) is 0 Å². The van der Waals surface area contributed by atoms with Crippen LogP contribution in [-0.2, 0) is 0 Å². The summed E-state index contributed by atoms with van der Waals surface area (Å²) in [4.78, 5) is 19.8. The maximum Gasteiger partial charge on any atom is 0.269 e. The molecule has 21 heavy (non-hydrogen) atoms. The summed E-state index contributed by atoms with van der Waals surface area (Å²) >= 11 is 0. The SMILES string of the molecule is CNC(=O)c1[nH]c(-c2ccccc2)nc1-c1ccccc1. The highest BCUT2D eigenvalue weighted by Crippen LogP contribution is 2.25. The minimum Gasteiger partial charge on any atom is -0.354 e. The van der Waals surface area contributed by atoms with Crippen LogP contribution in [0.15, 0.2) is 60.7 Å². The second kappa shape index (κ2) is 5.63. The zero-order valence-electron chi connectivity index (χ0n) is 11.6. The second-order valence-electron chi connectivity index (χ2n) is 4.62. The molecular formula is C17H15N3O. The van der Waals surface area contributed by atoms with Crippen molar-refractivity contribution in [1.82, 2.24) is 15.3 Å². The van der Waals surface area contributed by atoms with Crippen LogP contribution in [0.25, 0.3) is 22.6 Å². The second-order valence-corrected chi connectivity index (χ2v) is 4.62. The Morgan fingerprint density at radius 1 is 0.952 bits per heavy atom. The molecule has 0 saturated heterocycles. The third-order valence-electron chi connectivity index (χ3n) is 3.25. The molecule has 0 spiro atoms. The van der Waals surface area contributed by atoms with E-state index < -0.39 is 0 Å². The number of carbonyl (C=O) groups excluding carboxylic acids is 1. The number of imidazole rings is 1. The molecule has 1 aromatic heterocycles. The van der Waals surface area contributed by atoms with Gasteiger partial charge >= 0.3 is 0 Å². The van der Waals surface area contributed by atoms with E-state index in [9.17, 15) is 4.79 Å². The summed E-state index contributed by atoms with van der Waals surface area (Å²) in [5.74, 6) is 0.511. The standard InChI is InChI=1S/C17H15N3O/c1-18-17(21)15-14(12-8-4-2-5-9-12)19-16(20-15)13-10-6-3-7-11-13/h2-11H,1H3,(H,18,21)(H,19,20). The van der Waals surface area contributed by atoms with Crippen molar-refractivity contribution in [2.75, 3.05) is 7.05 Å². The van der Waals surface area contributed by atoms with Crippen molar-refractivity contribution >= 4 is 5.91 Å². The van der Waals surface area contributed by atoms with Crippen molar-refractivity contribution in [3.63, 3.8) is 0 Å². The van der Waals surface area contributed by atoms with E-state index in [1.54, 1.807) is 7.05 Å². The van der Waals surface area contributed by atoms with Crippen molar-refractivity contribution in [3.05, 3.63) is 66.4 Å². The number of nitrogens with zero attached hydrogens (tertiary/aromatic N) is 1. The van der Waals surface area contributed by atoms with Gasteiger partial charge in [-0.1, -0.05) is 60.7 Å². The first-order valence-corrected chi connectivity index (χ1v) is 6.72. The number of amides is 1. The largest absolute Gasteiger partial charge is 0.354 e. The van der Waals surface area contributed by atoms with E-state index in [0.717, 1.165) is 11.1 Å². The van der Waals surface area contributed by atoms with Gasteiger partial charge in [-0.05, 0) is 0 Å². The van der Waals surface area contributed by atoms with E-state index in [2.05, 4.69) is 15.3 Å². The number of aromatic nitrogens is 2. The third kappa shape index (κ3) is 2.56. The van der Waals surface area contributed by atoms with Crippen molar-refractivity contribution in [3.8, 4) is 22.6 Å². The molecule has 0 atom stereocenters. The van der Waals surface area contributed by atoms with E-state index in [1.165, 1.54) is 0 Å². The molecule has 0 aliphatic rings. The third-order valence-corrected chi connectivity index (χ3v) is 3.25. The molecule has 4 heteroatoms. The van der Waals surface area contributed by atoms with Crippen LogP contribution in [-0.4, -0.2) is 22.9 Å². The Hall–Kier alpha value is -2.88. The molecule has 2 N–H and O–H groups in total. The van der Waals surface area contributed by atoms with E-state index in [1.807, 2.05) is 60.7 Å². The number of carbonyl (C=O) groups is 1. The molecule has 2 aromatic carbocycles. The molecule has 0 saturated carbocycles. The van der Waals surface area contributed by atoms with E-state index in [-0.39, 0.29) is 5.91 Å². The molecule has 1 amide bonds. The normalized spacial score (nSPS) is 10.3. The lowest BCUT2D eigenvalue weighted by molar-refractivity contribution is 0.0959. The topological polar surface area (TPSA) is 57.8 Å². The molecule has 0 fully saturated rings. The maximum absolute atomic E-state index is 12.1. The quantitative estimate of drug-likeness (QED) is 0.773. The highest BCUT2D eigenvalue weighted by Gasteiger charge is 2.18. The molecule has 1 heterocycles. The van der Waals surface area contributed by atoms with Gasteiger partial charge in [-0.25, -0.2) is 4.98 Å². The first kappa shape index (κ1) is 13.1.